The summed E-state index contributed by atoms with van der Waals surface area (Å²) < 4.78 is 1.01. The molecule has 0 aliphatic rings. The summed E-state index contributed by atoms with van der Waals surface area (Å²) in [7, 11) is 0. The van der Waals surface area contributed by atoms with Crippen LogP contribution in [0.15, 0.2) is 33.6 Å². The van der Waals surface area contributed by atoms with Gasteiger partial charge in [-0.25, -0.2) is 5.84 Å². The fourth-order valence-electron chi connectivity index (χ4n) is 1.30. The van der Waals surface area contributed by atoms with Gasteiger partial charge >= 0.3 is 0 Å². The molecule has 3 nitrogen and oxygen atoms in total. The first-order valence-corrected chi connectivity index (χ1v) is 6.77. The highest BCUT2D eigenvalue weighted by Crippen LogP contribution is 2.28. The first kappa shape index (κ1) is 13.5. The summed E-state index contributed by atoms with van der Waals surface area (Å²) in [6.45, 7) is 2.05. The normalized spacial score (nSPS) is 12.2. The number of nitrogens with one attached hydrogen (secondary N) is 1. The van der Waals surface area contributed by atoms with Gasteiger partial charge in [-0.2, -0.15) is 0 Å². The molecule has 1 aromatic rings. The number of thioether (sulfide) groups is 1. The van der Waals surface area contributed by atoms with Gasteiger partial charge in [0.2, 0.25) is 5.91 Å². The Hall–Kier alpha value is -0.520. The zero-order chi connectivity index (χ0) is 12.0. The molecule has 0 bridgehead atoms. The van der Waals surface area contributed by atoms with Crippen LogP contribution < -0.4 is 11.3 Å². The van der Waals surface area contributed by atoms with Crippen molar-refractivity contribution < 1.29 is 4.79 Å². The largest absolute Gasteiger partial charge is 0.293 e. The lowest BCUT2D eigenvalue weighted by atomic mass is 10.2. The minimum absolute atomic E-state index is 0.119. The number of amides is 1. The van der Waals surface area contributed by atoms with Gasteiger partial charge in [-0.05, 0) is 24.6 Å². The van der Waals surface area contributed by atoms with E-state index in [9.17, 15) is 4.79 Å². The van der Waals surface area contributed by atoms with Crippen LogP contribution in [-0.4, -0.2) is 11.2 Å². The molecule has 0 saturated heterocycles. The summed E-state index contributed by atoms with van der Waals surface area (Å²) >= 11 is 4.94. The van der Waals surface area contributed by atoms with Gasteiger partial charge in [0.1, 0.15) is 0 Å². The molecule has 0 aliphatic heterocycles. The molecular formula is C11H15BrN2OS. The maximum absolute atomic E-state index is 11.5. The summed E-state index contributed by atoms with van der Waals surface area (Å²) in [6, 6.07) is 7.90. The molecule has 1 aromatic carbocycles. The van der Waals surface area contributed by atoms with E-state index in [-0.39, 0.29) is 11.2 Å². The molecule has 0 fully saturated rings. The van der Waals surface area contributed by atoms with Gasteiger partial charge in [0.15, 0.2) is 0 Å². The third kappa shape index (κ3) is 4.15. The average molecular weight is 303 g/mol. The lowest BCUT2D eigenvalue weighted by Crippen LogP contribution is -2.37. The Morgan fingerprint density at radius 3 is 2.94 bits per heavy atom. The van der Waals surface area contributed by atoms with E-state index in [2.05, 4.69) is 28.3 Å². The van der Waals surface area contributed by atoms with E-state index in [1.54, 1.807) is 0 Å². The molecule has 0 saturated carbocycles. The number of hydrazine groups is 1. The summed E-state index contributed by atoms with van der Waals surface area (Å²) in [6.07, 6.45) is 1.78. The molecule has 5 heteroatoms. The average Bonchev–Trinajstić information content (AvgIpc) is 2.27. The van der Waals surface area contributed by atoms with Crippen LogP contribution in [0.3, 0.4) is 0 Å². The topological polar surface area (TPSA) is 55.1 Å². The fourth-order valence-corrected chi connectivity index (χ4v) is 3.06. The van der Waals surface area contributed by atoms with Crippen molar-refractivity contribution in [2.45, 2.75) is 29.9 Å². The van der Waals surface area contributed by atoms with E-state index in [1.807, 2.05) is 24.3 Å². The summed E-state index contributed by atoms with van der Waals surface area (Å²) in [4.78, 5) is 12.6. The molecule has 0 heterocycles. The molecule has 0 aliphatic carbocycles. The standard InChI is InChI=1S/C11H15BrN2OS/c1-2-4-10(11(15)14-13)16-9-6-3-5-8(12)7-9/h3,5-7,10H,2,4,13H2,1H3,(H,14,15). The lowest BCUT2D eigenvalue weighted by molar-refractivity contribution is -0.120. The van der Waals surface area contributed by atoms with Crippen LogP contribution in [0.2, 0.25) is 0 Å². The third-order valence-corrected chi connectivity index (χ3v) is 3.81. The van der Waals surface area contributed by atoms with Crippen molar-refractivity contribution in [1.82, 2.24) is 5.43 Å². The van der Waals surface area contributed by atoms with E-state index in [4.69, 9.17) is 5.84 Å². The van der Waals surface area contributed by atoms with Crippen molar-refractivity contribution in [3.05, 3.63) is 28.7 Å². The first-order chi connectivity index (χ1) is 7.67. The lowest BCUT2D eigenvalue weighted by Gasteiger charge is -2.13. The molecule has 16 heavy (non-hydrogen) atoms. The van der Waals surface area contributed by atoms with Crippen molar-refractivity contribution in [3.8, 4) is 0 Å². The van der Waals surface area contributed by atoms with E-state index in [0.717, 1.165) is 22.2 Å². The van der Waals surface area contributed by atoms with Crippen molar-refractivity contribution >= 4 is 33.6 Å². The van der Waals surface area contributed by atoms with Gasteiger partial charge in [0.25, 0.3) is 0 Å². The Balaban J connectivity index is 2.71. The van der Waals surface area contributed by atoms with E-state index in [0.29, 0.717) is 0 Å². The van der Waals surface area contributed by atoms with E-state index < -0.39 is 0 Å². The van der Waals surface area contributed by atoms with Crippen molar-refractivity contribution in [3.63, 3.8) is 0 Å². The zero-order valence-corrected chi connectivity index (χ0v) is 11.5. The molecule has 1 rings (SSSR count). The number of carbonyl (C=O) groups excluding carboxylic acids is 1. The van der Waals surface area contributed by atoms with E-state index in [1.165, 1.54) is 11.8 Å². The van der Waals surface area contributed by atoms with Crippen LogP contribution >= 0.6 is 27.7 Å². The fraction of sp³-hybridized carbons (Fsp3) is 0.364. The Kier molecular flexibility index (Phi) is 5.87. The second-order valence-corrected chi connectivity index (χ2v) is 5.55. The SMILES string of the molecule is CCCC(Sc1cccc(Br)c1)C(=O)NN. The molecule has 88 valence electrons. The first-order valence-electron chi connectivity index (χ1n) is 5.10. The minimum atomic E-state index is -0.121. The van der Waals surface area contributed by atoms with Crippen LogP contribution in [0.5, 0.6) is 0 Å². The van der Waals surface area contributed by atoms with Gasteiger partial charge < -0.3 is 0 Å². The molecule has 1 unspecified atom stereocenters. The smallest absolute Gasteiger partial charge is 0.247 e. The van der Waals surface area contributed by atoms with Crippen LogP contribution in [0.4, 0.5) is 0 Å². The van der Waals surface area contributed by atoms with Crippen LogP contribution in [0.1, 0.15) is 19.8 Å². The summed E-state index contributed by atoms with van der Waals surface area (Å²) in [5.41, 5.74) is 2.21. The maximum Gasteiger partial charge on any atom is 0.247 e. The Labute approximate surface area is 108 Å². The van der Waals surface area contributed by atoms with E-state index >= 15 is 0 Å². The summed E-state index contributed by atoms with van der Waals surface area (Å²) in [5, 5.41) is -0.121. The zero-order valence-electron chi connectivity index (χ0n) is 9.07. The number of benzene rings is 1. The maximum atomic E-state index is 11.5. The number of carbonyl (C=O) groups is 1. The number of hydrogen-bond acceptors (Lipinski definition) is 3. The molecule has 0 spiro atoms. The predicted octanol–water partition coefficient (Wildman–Crippen LogP) is 2.70. The van der Waals surface area contributed by atoms with Crippen LogP contribution in [0.25, 0.3) is 0 Å². The number of rotatable bonds is 5. The molecule has 0 radical (unpaired) electrons. The highest BCUT2D eigenvalue weighted by atomic mass is 79.9. The Bertz CT molecular complexity index is 360. The van der Waals surface area contributed by atoms with Crippen LogP contribution in [-0.2, 0) is 4.79 Å². The predicted molar refractivity (Wildman–Crippen MR) is 71.0 cm³/mol. The van der Waals surface area contributed by atoms with Gasteiger partial charge in [-0.15, -0.1) is 11.8 Å². The highest BCUT2D eigenvalue weighted by molar-refractivity contribution is 9.10. The molecule has 1 atom stereocenters. The minimum Gasteiger partial charge on any atom is -0.293 e. The number of nitrogens with two attached hydrogens (primary N) is 1. The highest BCUT2D eigenvalue weighted by Gasteiger charge is 2.17. The molecule has 0 aromatic heterocycles. The second-order valence-electron chi connectivity index (χ2n) is 3.36. The van der Waals surface area contributed by atoms with Gasteiger partial charge in [0.05, 0.1) is 5.25 Å². The van der Waals surface area contributed by atoms with Crippen molar-refractivity contribution in [1.29, 1.82) is 0 Å². The van der Waals surface area contributed by atoms with Crippen molar-refractivity contribution in [2.75, 3.05) is 0 Å². The molecular weight excluding hydrogens is 288 g/mol. The third-order valence-electron chi connectivity index (χ3n) is 2.06. The van der Waals surface area contributed by atoms with Crippen molar-refractivity contribution in [2.24, 2.45) is 5.84 Å². The monoisotopic (exact) mass is 302 g/mol. The Morgan fingerprint density at radius 2 is 2.38 bits per heavy atom. The van der Waals surface area contributed by atoms with Crippen LogP contribution in [0, 0.1) is 0 Å². The number of halogens is 1. The summed E-state index contributed by atoms with van der Waals surface area (Å²) in [5.74, 6) is 5.05. The number of hydrogen-bond donors (Lipinski definition) is 2. The van der Waals surface area contributed by atoms with Gasteiger partial charge in [0, 0.05) is 9.37 Å². The van der Waals surface area contributed by atoms with Gasteiger partial charge in [-0.1, -0.05) is 35.3 Å². The molecule has 3 N–H and O–H groups in total. The Morgan fingerprint density at radius 1 is 1.62 bits per heavy atom. The second kappa shape index (κ2) is 6.93. The molecule has 1 amide bonds. The van der Waals surface area contributed by atoms with Gasteiger partial charge in [-0.3, -0.25) is 10.2 Å². The quantitative estimate of drug-likeness (QED) is 0.380.